The minimum absolute atomic E-state index is 0.00753. The topological polar surface area (TPSA) is 51.2 Å². The molecule has 0 heterocycles. The Hall–Kier alpha value is -0.870. The predicted octanol–water partition coefficient (Wildman–Crippen LogP) is 1.86. The van der Waals surface area contributed by atoms with Gasteiger partial charge in [-0.15, -0.1) is 0 Å². The summed E-state index contributed by atoms with van der Waals surface area (Å²) in [6, 6.07) is 2.77. The third kappa shape index (κ3) is 2.13. The molecule has 0 aromatic heterocycles. The second kappa shape index (κ2) is 3.71. The predicted molar refractivity (Wildman–Crippen MR) is 54.7 cm³/mol. The van der Waals surface area contributed by atoms with Crippen molar-refractivity contribution < 1.29 is 13.2 Å². The number of carbonyl (C=O) groups excluding carboxylic acids is 1. The molecule has 0 radical (unpaired) electrons. The van der Waals surface area contributed by atoms with E-state index in [1.165, 1.54) is 12.1 Å². The van der Waals surface area contributed by atoms with Gasteiger partial charge in [0, 0.05) is 11.8 Å². The molecule has 1 aromatic rings. The summed E-state index contributed by atoms with van der Waals surface area (Å²) in [4.78, 5) is 10.6. The largest absolute Gasteiger partial charge is 0.298 e. The quantitative estimate of drug-likeness (QED) is 0.732. The molecule has 3 nitrogen and oxygen atoms in total. The van der Waals surface area contributed by atoms with Crippen LogP contribution >= 0.6 is 11.6 Å². The standard InChI is InChI=1S/C9H9ClO3S/c1-6-3-8(10)9(14(2,12)13)4-7(6)5-11/h3-5H,1-2H3. The fraction of sp³-hybridized carbons (Fsp3) is 0.222. The van der Waals surface area contributed by atoms with Gasteiger partial charge >= 0.3 is 0 Å². The SMILES string of the molecule is Cc1cc(Cl)c(S(C)(=O)=O)cc1C=O. The van der Waals surface area contributed by atoms with Crippen molar-refractivity contribution in [3.63, 3.8) is 0 Å². The Morgan fingerprint density at radius 2 is 1.93 bits per heavy atom. The van der Waals surface area contributed by atoms with Crippen molar-refractivity contribution in [1.82, 2.24) is 0 Å². The summed E-state index contributed by atoms with van der Waals surface area (Å²) < 4.78 is 22.5. The maximum atomic E-state index is 11.2. The molecule has 0 aliphatic carbocycles. The summed E-state index contributed by atoms with van der Waals surface area (Å²) in [6.07, 6.45) is 1.67. The molecule has 0 unspecified atom stereocenters. The number of sulfone groups is 1. The summed E-state index contributed by atoms with van der Waals surface area (Å²) in [7, 11) is -3.37. The first-order valence-corrected chi connectivity index (χ1v) is 6.08. The van der Waals surface area contributed by atoms with Crippen molar-refractivity contribution in [2.45, 2.75) is 11.8 Å². The van der Waals surface area contributed by atoms with Crippen LogP contribution in [0.2, 0.25) is 5.02 Å². The molecule has 0 aliphatic rings. The molecule has 0 amide bonds. The lowest BCUT2D eigenvalue weighted by atomic mass is 10.1. The van der Waals surface area contributed by atoms with E-state index in [4.69, 9.17) is 11.6 Å². The summed E-state index contributed by atoms with van der Waals surface area (Å²) in [6.45, 7) is 1.70. The summed E-state index contributed by atoms with van der Waals surface area (Å²) in [5, 5.41) is 0.149. The lowest BCUT2D eigenvalue weighted by Gasteiger charge is -2.05. The Balaban J connectivity index is 3.55. The molecule has 14 heavy (non-hydrogen) atoms. The maximum Gasteiger partial charge on any atom is 0.177 e. The van der Waals surface area contributed by atoms with Gasteiger partial charge in [0.25, 0.3) is 0 Å². The van der Waals surface area contributed by atoms with Crippen molar-refractivity contribution in [2.24, 2.45) is 0 Å². The van der Waals surface area contributed by atoms with Crippen molar-refractivity contribution in [1.29, 1.82) is 0 Å². The van der Waals surface area contributed by atoms with Gasteiger partial charge in [0.05, 0.1) is 9.92 Å². The second-order valence-corrected chi connectivity index (χ2v) is 5.42. The third-order valence-corrected chi connectivity index (χ3v) is 3.41. The van der Waals surface area contributed by atoms with Gasteiger partial charge in [0.2, 0.25) is 0 Å². The molecule has 0 aliphatic heterocycles. The average molecular weight is 233 g/mol. The number of benzene rings is 1. The highest BCUT2D eigenvalue weighted by atomic mass is 35.5. The Kier molecular flexibility index (Phi) is 2.97. The van der Waals surface area contributed by atoms with Crippen LogP contribution in [0.1, 0.15) is 15.9 Å². The van der Waals surface area contributed by atoms with Crippen LogP contribution in [0.3, 0.4) is 0 Å². The molecular weight excluding hydrogens is 224 g/mol. The van der Waals surface area contributed by atoms with E-state index in [1.807, 2.05) is 0 Å². The smallest absolute Gasteiger partial charge is 0.177 e. The van der Waals surface area contributed by atoms with Crippen LogP contribution in [0, 0.1) is 6.92 Å². The molecule has 0 N–H and O–H groups in total. The minimum Gasteiger partial charge on any atom is -0.298 e. The summed E-state index contributed by atoms with van der Waals surface area (Å²) in [5.41, 5.74) is 1.01. The van der Waals surface area contributed by atoms with Crippen LogP contribution in [0.5, 0.6) is 0 Å². The van der Waals surface area contributed by atoms with Crippen LogP contribution < -0.4 is 0 Å². The average Bonchev–Trinajstić information content (AvgIpc) is 2.02. The van der Waals surface area contributed by atoms with Crippen LogP contribution in [-0.4, -0.2) is 21.0 Å². The molecule has 0 saturated heterocycles. The molecule has 0 spiro atoms. The highest BCUT2D eigenvalue weighted by Gasteiger charge is 2.14. The highest BCUT2D eigenvalue weighted by molar-refractivity contribution is 7.90. The number of rotatable bonds is 2. The van der Waals surface area contributed by atoms with E-state index in [9.17, 15) is 13.2 Å². The van der Waals surface area contributed by atoms with Gasteiger partial charge in [0.1, 0.15) is 6.29 Å². The first-order chi connectivity index (χ1) is 6.36. The molecule has 76 valence electrons. The molecular formula is C9H9ClO3S. The molecule has 0 atom stereocenters. The van der Waals surface area contributed by atoms with E-state index >= 15 is 0 Å². The van der Waals surface area contributed by atoms with Crippen LogP contribution in [-0.2, 0) is 9.84 Å². The summed E-state index contributed by atoms with van der Waals surface area (Å²) >= 11 is 5.75. The van der Waals surface area contributed by atoms with Crippen molar-refractivity contribution in [3.05, 3.63) is 28.3 Å². The second-order valence-electron chi connectivity index (χ2n) is 3.03. The Bertz CT molecular complexity index is 477. The lowest BCUT2D eigenvalue weighted by Crippen LogP contribution is -2.00. The molecule has 5 heteroatoms. The number of aryl methyl sites for hydroxylation is 1. The number of hydrogen-bond acceptors (Lipinski definition) is 3. The van der Waals surface area contributed by atoms with Gasteiger partial charge in [-0.25, -0.2) is 8.42 Å². The van der Waals surface area contributed by atoms with Crippen LogP contribution in [0.4, 0.5) is 0 Å². The maximum absolute atomic E-state index is 11.2. The number of halogens is 1. The normalized spacial score (nSPS) is 11.4. The zero-order valence-electron chi connectivity index (χ0n) is 7.74. The molecule has 1 aromatic carbocycles. The van der Waals surface area contributed by atoms with E-state index in [0.29, 0.717) is 17.4 Å². The van der Waals surface area contributed by atoms with E-state index in [0.717, 1.165) is 6.26 Å². The third-order valence-electron chi connectivity index (χ3n) is 1.85. The number of hydrogen-bond donors (Lipinski definition) is 0. The Morgan fingerprint density at radius 3 is 2.36 bits per heavy atom. The zero-order valence-corrected chi connectivity index (χ0v) is 9.32. The van der Waals surface area contributed by atoms with Gasteiger partial charge in [-0.05, 0) is 24.6 Å². The van der Waals surface area contributed by atoms with Gasteiger partial charge in [-0.2, -0.15) is 0 Å². The fourth-order valence-electron chi connectivity index (χ4n) is 1.08. The molecule has 1 rings (SSSR count). The fourth-order valence-corrected chi connectivity index (χ4v) is 2.47. The number of carbonyl (C=O) groups is 1. The lowest BCUT2D eigenvalue weighted by molar-refractivity contribution is 0.112. The minimum atomic E-state index is -3.37. The summed E-state index contributed by atoms with van der Waals surface area (Å²) in [5.74, 6) is 0. The van der Waals surface area contributed by atoms with Crippen molar-refractivity contribution in [2.75, 3.05) is 6.26 Å². The Labute approximate surface area is 87.6 Å². The van der Waals surface area contributed by atoms with E-state index < -0.39 is 9.84 Å². The molecule has 0 bridgehead atoms. The highest BCUT2D eigenvalue weighted by Crippen LogP contribution is 2.24. The van der Waals surface area contributed by atoms with E-state index in [-0.39, 0.29) is 9.92 Å². The van der Waals surface area contributed by atoms with E-state index in [2.05, 4.69) is 0 Å². The van der Waals surface area contributed by atoms with E-state index in [1.54, 1.807) is 6.92 Å². The molecule has 0 saturated carbocycles. The van der Waals surface area contributed by atoms with Gasteiger partial charge in [0.15, 0.2) is 9.84 Å². The number of aldehydes is 1. The first-order valence-electron chi connectivity index (χ1n) is 3.81. The van der Waals surface area contributed by atoms with Crippen molar-refractivity contribution >= 4 is 27.7 Å². The van der Waals surface area contributed by atoms with Crippen LogP contribution in [0.25, 0.3) is 0 Å². The monoisotopic (exact) mass is 232 g/mol. The van der Waals surface area contributed by atoms with Gasteiger partial charge < -0.3 is 0 Å². The molecule has 0 fully saturated rings. The Morgan fingerprint density at radius 1 is 1.36 bits per heavy atom. The zero-order chi connectivity index (χ0) is 10.9. The van der Waals surface area contributed by atoms with Crippen molar-refractivity contribution in [3.8, 4) is 0 Å². The van der Waals surface area contributed by atoms with Gasteiger partial charge in [-0.3, -0.25) is 4.79 Å². The van der Waals surface area contributed by atoms with Crippen LogP contribution in [0.15, 0.2) is 17.0 Å². The van der Waals surface area contributed by atoms with Gasteiger partial charge in [-0.1, -0.05) is 11.6 Å². The first kappa shape index (κ1) is 11.2.